The van der Waals surface area contributed by atoms with E-state index in [1.54, 1.807) is 0 Å². The zero-order chi connectivity index (χ0) is 10.6. The molecule has 0 saturated heterocycles. The number of nitrogens with zero attached hydrogens (tertiary/aromatic N) is 2. The van der Waals surface area contributed by atoms with Gasteiger partial charge in [-0.25, -0.2) is 0 Å². The van der Waals surface area contributed by atoms with Gasteiger partial charge in [-0.2, -0.15) is 17.7 Å². The Morgan fingerprint density at radius 1 is 1.20 bits per heavy atom. The van der Waals surface area contributed by atoms with Crippen LogP contribution in [0.2, 0.25) is 0 Å². The number of hydrogen-bond donors (Lipinski definition) is 1. The maximum Gasteiger partial charge on any atom is 0.0489 e. The lowest BCUT2D eigenvalue weighted by atomic mass is 9.82. The normalized spacial score (nSPS) is 21.1. The summed E-state index contributed by atoms with van der Waals surface area (Å²) in [5.74, 6) is 0.993. The topological polar surface area (TPSA) is 17.8 Å². The molecule has 0 aromatic carbocycles. The molecule has 0 N–H and O–H groups in total. The molecule has 0 aliphatic heterocycles. The zero-order valence-electron chi connectivity index (χ0n) is 9.23. The molecule has 3 heteroatoms. The van der Waals surface area contributed by atoms with Crippen LogP contribution in [0.15, 0.2) is 18.5 Å². The van der Waals surface area contributed by atoms with Crippen LogP contribution in [0.3, 0.4) is 0 Å². The molecule has 1 saturated carbocycles. The van der Waals surface area contributed by atoms with Crippen LogP contribution in [0, 0.1) is 5.41 Å². The Bertz CT molecular complexity index is 274. The Morgan fingerprint density at radius 3 is 2.47 bits per heavy atom. The molecule has 1 heterocycles. The van der Waals surface area contributed by atoms with Crippen molar-refractivity contribution in [3.05, 3.63) is 18.5 Å². The smallest absolute Gasteiger partial charge is 0.0489 e. The van der Waals surface area contributed by atoms with Crippen LogP contribution in [0.1, 0.15) is 38.5 Å². The Balaban J connectivity index is 2.05. The lowest BCUT2D eigenvalue weighted by molar-refractivity contribution is 0.230. The summed E-state index contributed by atoms with van der Waals surface area (Å²) in [6.07, 6.45) is 12.1. The van der Waals surface area contributed by atoms with Gasteiger partial charge >= 0.3 is 0 Å². The highest BCUT2D eigenvalue weighted by Gasteiger charge is 2.30. The van der Waals surface area contributed by atoms with Crippen LogP contribution in [0.4, 0.5) is 0 Å². The van der Waals surface area contributed by atoms with E-state index in [0.717, 1.165) is 12.3 Å². The van der Waals surface area contributed by atoms with E-state index in [4.69, 9.17) is 0 Å². The first-order valence-electron chi connectivity index (χ1n) is 5.93. The predicted molar refractivity (Wildman–Crippen MR) is 66.2 cm³/mol. The second-order valence-electron chi connectivity index (χ2n) is 4.78. The zero-order valence-corrected chi connectivity index (χ0v) is 10.1. The molecule has 0 spiro atoms. The van der Waals surface area contributed by atoms with Gasteiger partial charge in [-0.15, -0.1) is 0 Å². The molecule has 1 aliphatic carbocycles. The molecule has 2 rings (SSSR count). The quantitative estimate of drug-likeness (QED) is 0.617. The number of thiol groups is 1. The average molecular weight is 224 g/mol. The first kappa shape index (κ1) is 11.1. The van der Waals surface area contributed by atoms with E-state index < -0.39 is 0 Å². The second kappa shape index (κ2) is 5.06. The minimum absolute atomic E-state index is 0.394. The third-order valence-electron chi connectivity index (χ3n) is 3.56. The third-order valence-corrected chi connectivity index (χ3v) is 4.23. The monoisotopic (exact) mass is 224 g/mol. The standard InChI is InChI=1S/C12H20N2S/c15-11-12(6-3-1-2-4-7-12)10-14-9-5-8-13-14/h5,8-9,15H,1-4,6-7,10-11H2. The minimum atomic E-state index is 0.394. The number of rotatable bonds is 3. The molecule has 1 fully saturated rings. The summed E-state index contributed by atoms with van der Waals surface area (Å²) in [4.78, 5) is 0. The van der Waals surface area contributed by atoms with Gasteiger partial charge in [0.05, 0.1) is 0 Å². The van der Waals surface area contributed by atoms with Crippen molar-refractivity contribution >= 4 is 12.6 Å². The summed E-state index contributed by atoms with van der Waals surface area (Å²) in [6.45, 7) is 1.05. The van der Waals surface area contributed by atoms with Crippen molar-refractivity contribution in [1.82, 2.24) is 9.78 Å². The van der Waals surface area contributed by atoms with Crippen molar-refractivity contribution in [1.29, 1.82) is 0 Å². The maximum atomic E-state index is 4.57. The molecule has 1 aromatic heterocycles. The van der Waals surface area contributed by atoms with Crippen LogP contribution < -0.4 is 0 Å². The molecule has 15 heavy (non-hydrogen) atoms. The van der Waals surface area contributed by atoms with E-state index in [2.05, 4.69) is 28.6 Å². The van der Waals surface area contributed by atoms with Crippen LogP contribution >= 0.6 is 12.6 Å². The molecule has 84 valence electrons. The lowest BCUT2D eigenvalue weighted by Crippen LogP contribution is -2.28. The van der Waals surface area contributed by atoms with E-state index in [1.807, 2.05) is 12.3 Å². The van der Waals surface area contributed by atoms with Crippen molar-refractivity contribution in [2.24, 2.45) is 5.41 Å². The van der Waals surface area contributed by atoms with Gasteiger partial charge in [-0.1, -0.05) is 25.7 Å². The third kappa shape index (κ3) is 2.77. The summed E-state index contributed by atoms with van der Waals surface area (Å²) >= 11 is 4.57. The van der Waals surface area contributed by atoms with Gasteiger partial charge in [-0.05, 0) is 30.1 Å². The average Bonchev–Trinajstić information content (AvgIpc) is 2.64. The van der Waals surface area contributed by atoms with Crippen LogP contribution in [-0.4, -0.2) is 15.5 Å². The lowest BCUT2D eigenvalue weighted by Gasteiger charge is -2.31. The SMILES string of the molecule is SCC1(Cn2cccn2)CCCCCC1. The largest absolute Gasteiger partial charge is 0.272 e. The van der Waals surface area contributed by atoms with E-state index in [0.29, 0.717) is 5.41 Å². The number of hydrogen-bond acceptors (Lipinski definition) is 2. The van der Waals surface area contributed by atoms with E-state index in [1.165, 1.54) is 38.5 Å². The Morgan fingerprint density at radius 2 is 1.93 bits per heavy atom. The van der Waals surface area contributed by atoms with Crippen molar-refractivity contribution in [2.75, 3.05) is 5.75 Å². The molecule has 2 nitrogen and oxygen atoms in total. The predicted octanol–water partition coefficient (Wildman–Crippen LogP) is 3.15. The van der Waals surface area contributed by atoms with Crippen LogP contribution in [0.25, 0.3) is 0 Å². The van der Waals surface area contributed by atoms with Gasteiger partial charge in [0.2, 0.25) is 0 Å². The van der Waals surface area contributed by atoms with Crippen molar-refractivity contribution in [3.8, 4) is 0 Å². The van der Waals surface area contributed by atoms with E-state index >= 15 is 0 Å². The van der Waals surface area contributed by atoms with E-state index in [-0.39, 0.29) is 0 Å². The summed E-state index contributed by atoms with van der Waals surface area (Å²) in [5.41, 5.74) is 0.394. The highest BCUT2D eigenvalue weighted by atomic mass is 32.1. The summed E-state index contributed by atoms with van der Waals surface area (Å²) in [5, 5.41) is 4.32. The maximum absolute atomic E-state index is 4.57. The van der Waals surface area contributed by atoms with Gasteiger partial charge in [0.25, 0.3) is 0 Å². The number of aromatic nitrogens is 2. The molecule has 1 aromatic rings. The van der Waals surface area contributed by atoms with Crippen LogP contribution in [0.5, 0.6) is 0 Å². The molecule has 0 unspecified atom stereocenters. The first-order valence-corrected chi connectivity index (χ1v) is 6.56. The molecule has 0 amide bonds. The summed E-state index contributed by atoms with van der Waals surface area (Å²) < 4.78 is 2.07. The summed E-state index contributed by atoms with van der Waals surface area (Å²) in [7, 11) is 0. The Labute approximate surface area is 97.5 Å². The van der Waals surface area contributed by atoms with Gasteiger partial charge in [0.15, 0.2) is 0 Å². The second-order valence-corrected chi connectivity index (χ2v) is 5.09. The Kier molecular flexibility index (Phi) is 3.73. The van der Waals surface area contributed by atoms with Gasteiger partial charge in [0, 0.05) is 18.9 Å². The van der Waals surface area contributed by atoms with Crippen molar-refractivity contribution in [2.45, 2.75) is 45.1 Å². The van der Waals surface area contributed by atoms with Gasteiger partial charge in [-0.3, -0.25) is 4.68 Å². The molecule has 1 aliphatic rings. The van der Waals surface area contributed by atoms with E-state index in [9.17, 15) is 0 Å². The van der Waals surface area contributed by atoms with Crippen LogP contribution in [-0.2, 0) is 6.54 Å². The molecule has 0 bridgehead atoms. The molecule has 0 radical (unpaired) electrons. The highest BCUT2D eigenvalue weighted by molar-refractivity contribution is 7.80. The molecule has 0 atom stereocenters. The minimum Gasteiger partial charge on any atom is -0.272 e. The van der Waals surface area contributed by atoms with Crippen molar-refractivity contribution in [3.63, 3.8) is 0 Å². The molecular weight excluding hydrogens is 204 g/mol. The fourth-order valence-corrected chi connectivity index (χ4v) is 3.00. The van der Waals surface area contributed by atoms with Gasteiger partial charge < -0.3 is 0 Å². The molecular formula is C12H20N2S. The highest BCUT2D eigenvalue weighted by Crippen LogP contribution is 2.37. The van der Waals surface area contributed by atoms with Gasteiger partial charge in [0.1, 0.15) is 0 Å². The fourth-order valence-electron chi connectivity index (χ4n) is 2.58. The Hall–Kier alpha value is -0.440. The fraction of sp³-hybridized carbons (Fsp3) is 0.750. The first-order chi connectivity index (χ1) is 7.35. The summed E-state index contributed by atoms with van der Waals surface area (Å²) in [6, 6.07) is 2.00. The van der Waals surface area contributed by atoms with Crippen molar-refractivity contribution < 1.29 is 0 Å².